The van der Waals surface area contributed by atoms with E-state index in [9.17, 15) is 30.0 Å². The third kappa shape index (κ3) is 11.4. The van der Waals surface area contributed by atoms with Crippen LogP contribution in [0.5, 0.6) is 17.2 Å². The van der Waals surface area contributed by atoms with Gasteiger partial charge in [0.15, 0.2) is 0 Å². The molecule has 1 fully saturated rings. The van der Waals surface area contributed by atoms with Gasteiger partial charge in [-0.2, -0.15) is 5.26 Å². The average molecular weight is 981 g/mol. The number of nitro groups is 1. The number of non-ortho nitro benzene ring substituents is 1. The van der Waals surface area contributed by atoms with Gasteiger partial charge in [-0.05, 0) is 151 Å². The molecule has 0 saturated heterocycles. The number of ether oxygens (including phenoxy) is 3. The lowest BCUT2D eigenvalue weighted by Crippen LogP contribution is -2.70. The topological polar surface area (TPSA) is 177 Å². The molecular weight excluding hydrogens is 924 g/mol. The number of carbonyl (C=O) groups excluding carboxylic acids is 1. The first-order valence-corrected chi connectivity index (χ1v) is 25.1. The highest BCUT2D eigenvalue weighted by Crippen LogP contribution is 2.62. The molecule has 0 radical (unpaired) electrons. The fourth-order valence-electron chi connectivity index (χ4n) is 10.4. The van der Waals surface area contributed by atoms with Crippen molar-refractivity contribution < 1.29 is 43.4 Å². The molecule has 2 aliphatic carbocycles. The minimum absolute atomic E-state index is 0.00160. The van der Waals surface area contributed by atoms with Gasteiger partial charge in [-0.15, -0.1) is 18.3 Å². The van der Waals surface area contributed by atoms with Crippen molar-refractivity contribution >= 4 is 29.1 Å². The van der Waals surface area contributed by atoms with Crippen LogP contribution in [0, 0.1) is 45.0 Å². The molecular formula is C56H57FN4O9S. The van der Waals surface area contributed by atoms with E-state index in [4.69, 9.17) is 24.2 Å². The Morgan fingerprint density at radius 3 is 2.31 bits per heavy atom. The van der Waals surface area contributed by atoms with Crippen molar-refractivity contribution in [3.63, 3.8) is 0 Å². The smallest absolute Gasteiger partial charge is 0.269 e. The van der Waals surface area contributed by atoms with Crippen molar-refractivity contribution in [3.05, 3.63) is 183 Å². The molecule has 0 bridgehead atoms. The van der Waals surface area contributed by atoms with E-state index in [0.717, 1.165) is 35.3 Å². The first kappa shape index (κ1) is 50.6. The lowest BCUT2D eigenvalue weighted by atomic mass is 9.55. The van der Waals surface area contributed by atoms with Crippen LogP contribution >= 0.6 is 11.8 Å². The molecule has 5 aromatic rings. The Kier molecular flexibility index (Phi) is 16.7. The summed E-state index contributed by atoms with van der Waals surface area (Å²) >= 11 is 1.64. The Labute approximate surface area is 417 Å². The predicted molar refractivity (Wildman–Crippen MR) is 269 cm³/mol. The number of aliphatic hydroxyl groups is 2. The zero-order chi connectivity index (χ0) is 49.9. The SMILES string of the molecule is C=CCOC12Oc3ccc(Oc4ccc(SC)cc4)cc3C3C(CCCCO)C(CCCCO)C=C(C(=NOCc4ccc([N+](=O)[O-])cc4)CC1N(Cc1ccc(F)cc1)C(=O)c1ccc(C#N)cc1)C32. The number of amides is 1. The first-order valence-electron chi connectivity index (χ1n) is 23.9. The fourth-order valence-corrected chi connectivity index (χ4v) is 10.8. The Balaban J connectivity index is 1.35. The Hall–Kier alpha value is -6.83. The number of carbonyl (C=O) groups is 1. The van der Waals surface area contributed by atoms with E-state index in [1.807, 2.05) is 48.7 Å². The molecule has 368 valence electrons. The number of unbranched alkanes of at least 4 members (excludes halogenated alkanes) is 2. The van der Waals surface area contributed by atoms with Crippen molar-refractivity contribution in [1.29, 1.82) is 5.26 Å². The fraction of sp³-hybridized carbons (Fsp3) is 0.339. The van der Waals surface area contributed by atoms with E-state index < -0.39 is 34.4 Å². The number of allylic oxidation sites excluding steroid dienone is 1. The van der Waals surface area contributed by atoms with Gasteiger partial charge in [0.2, 0.25) is 5.79 Å². The standard InChI is InChI=1S/C56H57FN4O9S/c1-3-30-67-56-52(60(35-38-12-18-42(57)19-13-38)55(64)40-16-10-37(34-58)11-17-40)33-50(59-68-36-39-14-20-43(21-15-39)61(65)66)48-31-41(8-4-6-28-62)47(9-5-7-29-63)53(54(48)56)49-32-45(24-27-51(49)70-56)69-44-22-25-46(71-2)26-23-44/h3,10-27,31-32,41,47,52-54,62-63H,1,4-9,28-30,33,35-36H2,2H3. The van der Waals surface area contributed by atoms with Crippen molar-refractivity contribution in [2.45, 2.75) is 80.7 Å². The third-order valence-electron chi connectivity index (χ3n) is 13.7. The number of fused-ring (bicyclic) bond motifs is 2. The number of thioether (sulfide) groups is 1. The minimum Gasteiger partial charge on any atom is -0.459 e. The Morgan fingerprint density at radius 1 is 0.958 bits per heavy atom. The van der Waals surface area contributed by atoms with E-state index in [1.54, 1.807) is 71.3 Å². The summed E-state index contributed by atoms with van der Waals surface area (Å²) in [5, 5.41) is 46.1. The predicted octanol–water partition coefficient (Wildman–Crippen LogP) is 11.3. The van der Waals surface area contributed by atoms with Gasteiger partial charge in [0.25, 0.3) is 11.6 Å². The second kappa shape index (κ2) is 23.4. The number of hydrogen-bond donors (Lipinski definition) is 2. The molecule has 5 aromatic carbocycles. The summed E-state index contributed by atoms with van der Waals surface area (Å²) in [6, 6.07) is 33.2. The summed E-state index contributed by atoms with van der Waals surface area (Å²) in [6.07, 6.45) is 10.1. The summed E-state index contributed by atoms with van der Waals surface area (Å²) < 4.78 is 35.7. The number of nitriles is 1. The minimum atomic E-state index is -1.61. The van der Waals surface area contributed by atoms with Crippen LogP contribution in [0.25, 0.3) is 0 Å². The van der Waals surface area contributed by atoms with Gasteiger partial charge in [-0.1, -0.05) is 42.3 Å². The number of halogens is 1. The quantitative estimate of drug-likeness (QED) is 0.0222. The number of nitrogens with zero attached hydrogens (tertiary/aromatic N) is 4. The number of benzene rings is 5. The molecule has 2 N–H and O–H groups in total. The van der Waals surface area contributed by atoms with Crippen LogP contribution in [0.15, 0.2) is 150 Å². The first-order chi connectivity index (χ1) is 34.6. The van der Waals surface area contributed by atoms with Crippen LogP contribution in [-0.4, -0.2) is 69.6 Å². The van der Waals surface area contributed by atoms with Gasteiger partial charge in [0.05, 0.1) is 34.8 Å². The molecule has 0 aromatic heterocycles. The van der Waals surface area contributed by atoms with Crippen LogP contribution in [0.2, 0.25) is 0 Å². The highest BCUT2D eigenvalue weighted by molar-refractivity contribution is 7.98. The molecule has 15 heteroatoms. The van der Waals surface area contributed by atoms with Crippen molar-refractivity contribution in [3.8, 4) is 23.3 Å². The van der Waals surface area contributed by atoms with E-state index in [1.165, 1.54) is 24.3 Å². The van der Waals surface area contributed by atoms with Crippen LogP contribution in [0.1, 0.15) is 83.5 Å². The molecule has 1 saturated carbocycles. The summed E-state index contributed by atoms with van der Waals surface area (Å²) in [5.41, 5.74) is 4.12. The molecule has 71 heavy (non-hydrogen) atoms. The highest BCUT2D eigenvalue weighted by atomic mass is 32.2. The molecule has 1 aliphatic heterocycles. The monoisotopic (exact) mass is 980 g/mol. The van der Waals surface area contributed by atoms with Crippen LogP contribution in [0.4, 0.5) is 10.1 Å². The highest BCUT2D eigenvalue weighted by Gasteiger charge is 2.65. The summed E-state index contributed by atoms with van der Waals surface area (Å²) in [7, 11) is 0. The largest absolute Gasteiger partial charge is 0.459 e. The molecule has 6 atom stereocenters. The number of rotatable bonds is 22. The maximum absolute atomic E-state index is 15.4. The molecule has 13 nitrogen and oxygen atoms in total. The lowest BCUT2D eigenvalue weighted by Gasteiger charge is -2.60. The van der Waals surface area contributed by atoms with Gasteiger partial charge in [0, 0.05) is 60.3 Å². The molecule has 6 unspecified atom stereocenters. The van der Waals surface area contributed by atoms with E-state index in [0.29, 0.717) is 64.5 Å². The van der Waals surface area contributed by atoms with Crippen LogP contribution in [0.3, 0.4) is 0 Å². The number of aliphatic hydroxyl groups excluding tert-OH is 2. The lowest BCUT2D eigenvalue weighted by molar-refractivity contribution is -0.384. The van der Waals surface area contributed by atoms with Gasteiger partial charge < -0.3 is 34.2 Å². The maximum atomic E-state index is 15.4. The van der Waals surface area contributed by atoms with E-state index in [2.05, 4.69) is 18.7 Å². The van der Waals surface area contributed by atoms with Crippen LogP contribution in [-0.2, 0) is 22.7 Å². The maximum Gasteiger partial charge on any atom is 0.269 e. The molecule has 3 aliphatic rings. The Morgan fingerprint density at radius 2 is 1.65 bits per heavy atom. The number of nitro benzene ring substituents is 1. The molecule has 1 amide bonds. The number of oxime groups is 1. The summed E-state index contributed by atoms with van der Waals surface area (Å²) in [5.74, 6) is -1.78. The van der Waals surface area contributed by atoms with Gasteiger partial charge in [0.1, 0.15) is 35.7 Å². The summed E-state index contributed by atoms with van der Waals surface area (Å²) in [6.45, 7) is 4.12. The Bertz CT molecular complexity index is 2760. The number of hydrogen-bond acceptors (Lipinski definition) is 12. The zero-order valence-corrected chi connectivity index (χ0v) is 40.3. The van der Waals surface area contributed by atoms with Crippen molar-refractivity contribution in [2.75, 3.05) is 26.1 Å². The van der Waals surface area contributed by atoms with E-state index >= 15 is 4.79 Å². The van der Waals surface area contributed by atoms with Gasteiger partial charge in [-0.25, -0.2) is 4.39 Å². The second-order valence-electron chi connectivity index (χ2n) is 18.0. The van der Waals surface area contributed by atoms with Gasteiger partial charge in [-0.3, -0.25) is 14.9 Å². The van der Waals surface area contributed by atoms with Crippen LogP contribution < -0.4 is 9.47 Å². The molecule has 0 spiro atoms. The van der Waals surface area contributed by atoms with Crippen molar-refractivity contribution in [2.24, 2.45) is 22.9 Å². The zero-order valence-electron chi connectivity index (χ0n) is 39.5. The normalized spacial score (nSPS) is 21.4. The third-order valence-corrected chi connectivity index (χ3v) is 14.4. The van der Waals surface area contributed by atoms with Crippen molar-refractivity contribution in [1.82, 2.24) is 4.90 Å². The van der Waals surface area contributed by atoms with Gasteiger partial charge >= 0.3 is 0 Å². The van der Waals surface area contributed by atoms with E-state index in [-0.39, 0.29) is 62.8 Å². The summed E-state index contributed by atoms with van der Waals surface area (Å²) in [4.78, 5) is 35.4. The second-order valence-corrected chi connectivity index (χ2v) is 18.9. The molecule has 8 rings (SSSR count). The molecule has 1 heterocycles. The average Bonchev–Trinajstić information content (AvgIpc) is 3.39.